The number of hydrogen-bond donors (Lipinski definition) is 1. The first-order chi connectivity index (χ1) is 8.56. The first kappa shape index (κ1) is 13.4. The highest BCUT2D eigenvalue weighted by Gasteiger charge is 2.21. The van der Waals surface area contributed by atoms with E-state index in [1.165, 1.54) is 37.8 Å². The van der Waals surface area contributed by atoms with Crippen molar-refractivity contribution < 1.29 is 0 Å². The Morgan fingerprint density at radius 3 is 2.67 bits per heavy atom. The van der Waals surface area contributed by atoms with Gasteiger partial charge in [0.25, 0.3) is 0 Å². The van der Waals surface area contributed by atoms with Crippen LogP contribution in [0.2, 0.25) is 0 Å². The van der Waals surface area contributed by atoms with Crippen molar-refractivity contribution in [2.45, 2.75) is 58.9 Å². The molecule has 3 heteroatoms. The van der Waals surface area contributed by atoms with Gasteiger partial charge in [-0.1, -0.05) is 26.7 Å². The van der Waals surface area contributed by atoms with Gasteiger partial charge < -0.3 is 5.32 Å². The zero-order valence-corrected chi connectivity index (χ0v) is 12.2. The molecule has 2 atom stereocenters. The smallest absolute Gasteiger partial charge is 0.0825 e. The molecule has 0 aromatic carbocycles. The second-order valence-corrected chi connectivity index (χ2v) is 6.16. The molecule has 1 aliphatic carbocycles. The number of aromatic nitrogens is 2. The molecular formula is C15H27N3. The number of aryl methyl sites for hydroxylation is 2. The fraction of sp³-hybridized carbons (Fsp3) is 0.800. The van der Waals surface area contributed by atoms with Crippen LogP contribution in [0.1, 0.15) is 51.6 Å². The summed E-state index contributed by atoms with van der Waals surface area (Å²) in [6.45, 7) is 6.81. The Hall–Kier alpha value is -0.990. The molecule has 0 saturated heterocycles. The van der Waals surface area contributed by atoms with Gasteiger partial charge in [-0.2, -0.15) is 5.10 Å². The van der Waals surface area contributed by atoms with E-state index in [1.807, 2.05) is 11.7 Å². The standard InChI is InChI=1S/C15H27N3/c1-11(2)13-6-5-7-14(9-8-13)16-15-10-18(4)17-12(15)3/h10-11,13-14,16H,5-9H2,1-4H3. The summed E-state index contributed by atoms with van der Waals surface area (Å²) >= 11 is 0. The molecule has 1 saturated carbocycles. The van der Waals surface area contributed by atoms with Gasteiger partial charge >= 0.3 is 0 Å². The van der Waals surface area contributed by atoms with Crippen LogP contribution < -0.4 is 5.32 Å². The van der Waals surface area contributed by atoms with Gasteiger partial charge in [0.2, 0.25) is 0 Å². The van der Waals surface area contributed by atoms with E-state index in [2.05, 4.69) is 37.4 Å². The maximum absolute atomic E-state index is 4.40. The lowest BCUT2D eigenvalue weighted by molar-refractivity contribution is 0.341. The Labute approximate surface area is 111 Å². The van der Waals surface area contributed by atoms with E-state index in [9.17, 15) is 0 Å². The highest BCUT2D eigenvalue weighted by Crippen LogP contribution is 2.30. The van der Waals surface area contributed by atoms with E-state index in [-0.39, 0.29) is 0 Å². The first-order valence-corrected chi connectivity index (χ1v) is 7.33. The van der Waals surface area contributed by atoms with Crippen molar-refractivity contribution in [2.24, 2.45) is 18.9 Å². The number of nitrogens with one attached hydrogen (secondary N) is 1. The SMILES string of the molecule is Cc1nn(C)cc1NC1CCCC(C(C)C)CC1. The molecule has 1 aromatic rings. The molecule has 0 spiro atoms. The lowest BCUT2D eigenvalue weighted by atomic mass is 9.89. The van der Waals surface area contributed by atoms with Crippen LogP contribution in [0.4, 0.5) is 5.69 Å². The van der Waals surface area contributed by atoms with E-state index in [4.69, 9.17) is 0 Å². The molecule has 18 heavy (non-hydrogen) atoms. The maximum atomic E-state index is 4.40. The highest BCUT2D eigenvalue weighted by molar-refractivity contribution is 5.46. The Kier molecular flexibility index (Phi) is 4.31. The quantitative estimate of drug-likeness (QED) is 0.827. The van der Waals surface area contributed by atoms with Gasteiger partial charge in [0.05, 0.1) is 11.4 Å². The van der Waals surface area contributed by atoms with Crippen molar-refractivity contribution in [1.82, 2.24) is 9.78 Å². The van der Waals surface area contributed by atoms with Crippen molar-refractivity contribution in [3.05, 3.63) is 11.9 Å². The average Bonchev–Trinajstić information content (AvgIpc) is 2.53. The molecule has 2 rings (SSSR count). The molecule has 1 fully saturated rings. The van der Waals surface area contributed by atoms with E-state index in [0.717, 1.165) is 17.5 Å². The molecule has 1 aromatic heterocycles. The minimum atomic E-state index is 0.636. The zero-order valence-electron chi connectivity index (χ0n) is 12.2. The molecule has 3 nitrogen and oxygen atoms in total. The van der Waals surface area contributed by atoms with Gasteiger partial charge in [-0.25, -0.2) is 0 Å². The molecule has 102 valence electrons. The zero-order chi connectivity index (χ0) is 13.1. The molecule has 2 unspecified atom stereocenters. The monoisotopic (exact) mass is 249 g/mol. The fourth-order valence-electron chi connectivity index (χ4n) is 3.10. The Morgan fingerprint density at radius 2 is 2.06 bits per heavy atom. The number of nitrogens with zero attached hydrogens (tertiary/aromatic N) is 2. The van der Waals surface area contributed by atoms with Crippen molar-refractivity contribution in [3.63, 3.8) is 0 Å². The summed E-state index contributed by atoms with van der Waals surface area (Å²) in [6, 6.07) is 0.636. The van der Waals surface area contributed by atoms with Crippen molar-refractivity contribution in [3.8, 4) is 0 Å². The molecule has 0 aliphatic heterocycles. The summed E-state index contributed by atoms with van der Waals surface area (Å²) < 4.78 is 1.89. The van der Waals surface area contributed by atoms with E-state index in [1.54, 1.807) is 0 Å². The van der Waals surface area contributed by atoms with Crippen LogP contribution in [0.15, 0.2) is 6.20 Å². The first-order valence-electron chi connectivity index (χ1n) is 7.33. The third kappa shape index (κ3) is 3.27. The molecule has 0 bridgehead atoms. The second kappa shape index (κ2) is 5.77. The van der Waals surface area contributed by atoms with Crippen LogP contribution in [-0.2, 0) is 7.05 Å². The molecule has 1 N–H and O–H groups in total. The predicted octanol–water partition coefficient (Wildman–Crippen LogP) is 3.75. The summed E-state index contributed by atoms with van der Waals surface area (Å²) in [5.74, 6) is 1.76. The van der Waals surface area contributed by atoms with E-state index >= 15 is 0 Å². The van der Waals surface area contributed by atoms with Gasteiger partial charge in [-0.15, -0.1) is 0 Å². The second-order valence-electron chi connectivity index (χ2n) is 6.16. The van der Waals surface area contributed by atoms with Crippen molar-refractivity contribution in [1.29, 1.82) is 0 Å². The van der Waals surface area contributed by atoms with Gasteiger partial charge in [-0.05, 0) is 38.0 Å². The summed E-state index contributed by atoms with van der Waals surface area (Å²) in [6.07, 6.45) is 8.84. The van der Waals surface area contributed by atoms with Crippen LogP contribution in [0.5, 0.6) is 0 Å². The third-order valence-electron chi connectivity index (χ3n) is 4.33. The number of anilines is 1. The Bertz CT molecular complexity index is 381. The summed E-state index contributed by atoms with van der Waals surface area (Å²) in [5, 5.41) is 8.08. The van der Waals surface area contributed by atoms with E-state index < -0.39 is 0 Å². The summed E-state index contributed by atoms with van der Waals surface area (Å²) in [5.41, 5.74) is 2.33. The minimum Gasteiger partial charge on any atom is -0.380 e. The summed E-state index contributed by atoms with van der Waals surface area (Å²) in [7, 11) is 1.99. The summed E-state index contributed by atoms with van der Waals surface area (Å²) in [4.78, 5) is 0. The van der Waals surface area contributed by atoms with Gasteiger partial charge in [0.1, 0.15) is 0 Å². The Balaban J connectivity index is 1.92. The highest BCUT2D eigenvalue weighted by atomic mass is 15.3. The van der Waals surface area contributed by atoms with Crippen LogP contribution in [0.3, 0.4) is 0 Å². The molecule has 0 radical (unpaired) electrons. The Morgan fingerprint density at radius 1 is 1.28 bits per heavy atom. The van der Waals surface area contributed by atoms with Crippen LogP contribution in [0.25, 0.3) is 0 Å². The van der Waals surface area contributed by atoms with Crippen LogP contribution in [-0.4, -0.2) is 15.8 Å². The number of rotatable bonds is 3. The van der Waals surface area contributed by atoms with Crippen molar-refractivity contribution in [2.75, 3.05) is 5.32 Å². The van der Waals surface area contributed by atoms with Gasteiger partial charge in [0.15, 0.2) is 0 Å². The van der Waals surface area contributed by atoms with Crippen molar-refractivity contribution >= 4 is 5.69 Å². The average molecular weight is 249 g/mol. The van der Waals surface area contributed by atoms with Gasteiger partial charge in [0, 0.05) is 19.3 Å². The minimum absolute atomic E-state index is 0.636. The largest absolute Gasteiger partial charge is 0.380 e. The molecule has 1 heterocycles. The lowest BCUT2D eigenvalue weighted by Crippen LogP contribution is -2.19. The molecular weight excluding hydrogens is 222 g/mol. The lowest BCUT2D eigenvalue weighted by Gasteiger charge is -2.19. The maximum Gasteiger partial charge on any atom is 0.0825 e. The van der Waals surface area contributed by atoms with Gasteiger partial charge in [-0.3, -0.25) is 4.68 Å². The van der Waals surface area contributed by atoms with Crippen LogP contribution >= 0.6 is 0 Å². The topological polar surface area (TPSA) is 29.9 Å². The normalized spacial score (nSPS) is 25.2. The van der Waals surface area contributed by atoms with E-state index in [0.29, 0.717) is 6.04 Å². The van der Waals surface area contributed by atoms with Crippen LogP contribution in [0, 0.1) is 18.8 Å². The predicted molar refractivity (Wildman–Crippen MR) is 76.8 cm³/mol. The fourth-order valence-corrected chi connectivity index (χ4v) is 3.10. The molecule has 0 amide bonds. The molecule has 1 aliphatic rings. The number of hydrogen-bond acceptors (Lipinski definition) is 2. The third-order valence-corrected chi connectivity index (χ3v) is 4.33.